The molecule has 104 valence electrons. The largest absolute Gasteiger partial charge is 0.429 e. The molecule has 1 aromatic carbocycles. The van der Waals surface area contributed by atoms with E-state index < -0.39 is 33.9 Å². The Morgan fingerprint density at radius 3 is 2.60 bits per heavy atom. The molecule has 0 bridgehead atoms. The predicted molar refractivity (Wildman–Crippen MR) is 70.0 cm³/mol. The first-order valence-corrected chi connectivity index (χ1v) is 6.18. The molecule has 0 aliphatic carbocycles. The lowest BCUT2D eigenvalue weighted by Crippen LogP contribution is -1.98. The molecule has 5 nitrogen and oxygen atoms in total. The smallest absolute Gasteiger partial charge is 0.312 e. The molecule has 1 aromatic heterocycles. The monoisotopic (exact) mass is 364 g/mol. The normalized spacial score (nSPS) is 10.4. The summed E-state index contributed by atoms with van der Waals surface area (Å²) in [5, 5.41) is 10.9. The van der Waals surface area contributed by atoms with Crippen molar-refractivity contribution in [3.8, 4) is 11.6 Å². The van der Waals surface area contributed by atoms with Gasteiger partial charge in [-0.25, -0.2) is 13.8 Å². The molecule has 0 aliphatic rings. The minimum absolute atomic E-state index is 0.0336. The molecule has 0 N–H and O–H groups in total. The van der Waals surface area contributed by atoms with Crippen LogP contribution in [-0.2, 0) is 0 Å². The molecule has 9 heteroatoms. The Labute approximate surface area is 124 Å². The van der Waals surface area contributed by atoms with Gasteiger partial charge in [-0.05, 0) is 22.0 Å². The zero-order chi connectivity index (χ0) is 14.9. The van der Waals surface area contributed by atoms with Gasteiger partial charge in [0.2, 0.25) is 5.75 Å². The highest BCUT2D eigenvalue weighted by atomic mass is 79.9. The van der Waals surface area contributed by atoms with Crippen molar-refractivity contribution < 1.29 is 18.4 Å². The zero-order valence-corrected chi connectivity index (χ0v) is 11.8. The molecule has 20 heavy (non-hydrogen) atoms. The first-order valence-electron chi connectivity index (χ1n) is 5.01. The number of pyridine rings is 1. The number of nitro groups is 1. The second kappa shape index (κ2) is 5.68. The van der Waals surface area contributed by atoms with Crippen molar-refractivity contribution in [2.45, 2.75) is 0 Å². The number of hydrogen-bond acceptors (Lipinski definition) is 4. The molecule has 0 spiro atoms. The van der Waals surface area contributed by atoms with Crippen LogP contribution < -0.4 is 4.74 Å². The Hall–Kier alpha value is -1.80. The number of hydrogen-bond donors (Lipinski definition) is 0. The van der Waals surface area contributed by atoms with Crippen molar-refractivity contribution in [1.29, 1.82) is 0 Å². The summed E-state index contributed by atoms with van der Waals surface area (Å²) < 4.78 is 31.7. The highest BCUT2D eigenvalue weighted by Crippen LogP contribution is 2.35. The first-order chi connectivity index (χ1) is 9.38. The summed E-state index contributed by atoms with van der Waals surface area (Å²) in [6, 6.07) is 2.60. The Kier molecular flexibility index (Phi) is 4.15. The van der Waals surface area contributed by atoms with E-state index in [4.69, 9.17) is 16.3 Å². The van der Waals surface area contributed by atoms with E-state index in [1.165, 1.54) is 0 Å². The van der Waals surface area contributed by atoms with E-state index >= 15 is 0 Å². The van der Waals surface area contributed by atoms with Gasteiger partial charge < -0.3 is 4.74 Å². The van der Waals surface area contributed by atoms with Crippen LogP contribution in [0.2, 0.25) is 5.02 Å². The first kappa shape index (κ1) is 14.6. The SMILES string of the molecule is O=[N+]([O-])c1cc(Br)c(F)cc1Oc1ncc(Cl)cc1F. The number of halogens is 4. The van der Waals surface area contributed by atoms with Gasteiger partial charge in [0, 0.05) is 18.3 Å². The van der Waals surface area contributed by atoms with Crippen LogP contribution in [0, 0.1) is 21.7 Å². The van der Waals surface area contributed by atoms with Crippen molar-refractivity contribution in [2.24, 2.45) is 0 Å². The molecule has 0 saturated heterocycles. The van der Waals surface area contributed by atoms with Crippen molar-refractivity contribution in [2.75, 3.05) is 0 Å². The van der Waals surface area contributed by atoms with Gasteiger partial charge in [0.05, 0.1) is 14.4 Å². The summed E-state index contributed by atoms with van der Waals surface area (Å²) in [4.78, 5) is 13.6. The van der Waals surface area contributed by atoms with Crippen LogP contribution >= 0.6 is 27.5 Å². The summed E-state index contributed by atoms with van der Waals surface area (Å²) in [6.07, 6.45) is 1.10. The van der Waals surface area contributed by atoms with E-state index in [1.807, 2.05) is 0 Å². The van der Waals surface area contributed by atoms with Crippen LogP contribution in [0.25, 0.3) is 0 Å². The molecular weight excluding hydrogens is 361 g/mol. The van der Waals surface area contributed by atoms with E-state index in [0.717, 1.165) is 24.4 Å². The number of benzene rings is 1. The summed E-state index contributed by atoms with van der Waals surface area (Å²) >= 11 is 8.33. The lowest BCUT2D eigenvalue weighted by atomic mass is 10.3. The fourth-order valence-corrected chi connectivity index (χ4v) is 1.80. The van der Waals surface area contributed by atoms with Gasteiger partial charge in [-0.3, -0.25) is 10.1 Å². The molecule has 0 fully saturated rings. The van der Waals surface area contributed by atoms with E-state index in [2.05, 4.69) is 20.9 Å². The van der Waals surface area contributed by atoms with Gasteiger partial charge in [-0.1, -0.05) is 11.6 Å². The molecule has 1 heterocycles. The number of nitrogens with zero attached hydrogens (tertiary/aromatic N) is 2. The molecule has 0 atom stereocenters. The predicted octanol–water partition coefficient (Wildman–Crippen LogP) is 4.48. The summed E-state index contributed by atoms with van der Waals surface area (Å²) in [7, 11) is 0. The molecule has 2 aromatic rings. The molecular formula is C11H4BrClF2N2O3. The van der Waals surface area contributed by atoms with Crippen molar-refractivity contribution in [1.82, 2.24) is 4.98 Å². The summed E-state index contributed by atoms with van der Waals surface area (Å²) in [6.45, 7) is 0. The van der Waals surface area contributed by atoms with Crippen molar-refractivity contribution in [3.63, 3.8) is 0 Å². The Bertz CT molecular complexity index is 700. The maximum Gasteiger partial charge on any atom is 0.312 e. The highest BCUT2D eigenvalue weighted by molar-refractivity contribution is 9.10. The molecule has 2 rings (SSSR count). The van der Waals surface area contributed by atoms with E-state index in [9.17, 15) is 18.9 Å². The van der Waals surface area contributed by atoms with Gasteiger partial charge in [-0.2, -0.15) is 0 Å². The minimum atomic E-state index is -0.921. The summed E-state index contributed by atoms with van der Waals surface area (Å²) in [5.41, 5.74) is -0.533. The number of ether oxygens (including phenoxy) is 1. The van der Waals surface area contributed by atoms with Gasteiger partial charge >= 0.3 is 5.69 Å². The third kappa shape index (κ3) is 3.02. The van der Waals surface area contributed by atoms with Crippen LogP contribution in [0.3, 0.4) is 0 Å². The van der Waals surface area contributed by atoms with E-state index in [0.29, 0.717) is 0 Å². The average molecular weight is 366 g/mol. The van der Waals surface area contributed by atoms with Crippen LogP contribution in [0.1, 0.15) is 0 Å². The molecule has 0 aliphatic heterocycles. The van der Waals surface area contributed by atoms with Gasteiger partial charge in [-0.15, -0.1) is 0 Å². The number of rotatable bonds is 3. The zero-order valence-electron chi connectivity index (χ0n) is 9.44. The van der Waals surface area contributed by atoms with Gasteiger partial charge in [0.25, 0.3) is 5.88 Å². The fraction of sp³-hybridized carbons (Fsp3) is 0. The van der Waals surface area contributed by atoms with E-state index in [1.54, 1.807) is 0 Å². The van der Waals surface area contributed by atoms with Crippen LogP contribution in [-0.4, -0.2) is 9.91 Å². The lowest BCUT2D eigenvalue weighted by molar-refractivity contribution is -0.385. The molecule has 0 radical (unpaired) electrons. The second-order valence-electron chi connectivity index (χ2n) is 3.53. The fourth-order valence-electron chi connectivity index (χ4n) is 1.32. The Balaban J connectivity index is 2.47. The molecule has 0 amide bonds. The topological polar surface area (TPSA) is 65.3 Å². The number of aromatic nitrogens is 1. The van der Waals surface area contributed by atoms with Crippen molar-refractivity contribution in [3.05, 3.63) is 55.6 Å². The maximum absolute atomic E-state index is 13.5. The second-order valence-corrected chi connectivity index (χ2v) is 4.82. The third-order valence-corrected chi connectivity index (χ3v) is 2.99. The van der Waals surface area contributed by atoms with Crippen LogP contribution in [0.5, 0.6) is 11.6 Å². The number of nitro benzene ring substituents is 1. The Morgan fingerprint density at radius 1 is 1.30 bits per heavy atom. The molecule has 0 saturated carbocycles. The quantitative estimate of drug-likeness (QED) is 0.594. The standard InChI is InChI=1S/C11H4BrClF2N2O3/c12-6-2-9(17(18)19)10(3-7(6)14)20-11-8(15)1-5(13)4-16-11/h1-4H. The van der Waals surface area contributed by atoms with Crippen molar-refractivity contribution >= 4 is 33.2 Å². The lowest BCUT2D eigenvalue weighted by Gasteiger charge is -2.07. The third-order valence-electron chi connectivity index (χ3n) is 2.18. The van der Waals surface area contributed by atoms with Gasteiger partial charge in [0.15, 0.2) is 5.82 Å². The summed E-state index contributed by atoms with van der Waals surface area (Å²) in [5.74, 6) is -2.72. The van der Waals surface area contributed by atoms with Crippen LogP contribution in [0.4, 0.5) is 14.5 Å². The van der Waals surface area contributed by atoms with Crippen LogP contribution in [0.15, 0.2) is 28.9 Å². The molecule has 0 unspecified atom stereocenters. The van der Waals surface area contributed by atoms with E-state index in [-0.39, 0.29) is 9.50 Å². The highest BCUT2D eigenvalue weighted by Gasteiger charge is 2.21. The average Bonchev–Trinajstić information content (AvgIpc) is 2.36. The Morgan fingerprint density at radius 2 is 2.00 bits per heavy atom. The van der Waals surface area contributed by atoms with Gasteiger partial charge in [0.1, 0.15) is 5.82 Å². The minimum Gasteiger partial charge on any atom is -0.429 e. The maximum atomic E-state index is 13.5.